The van der Waals surface area contributed by atoms with E-state index in [0.29, 0.717) is 16.6 Å². The summed E-state index contributed by atoms with van der Waals surface area (Å²) in [6.45, 7) is 0. The second-order valence-corrected chi connectivity index (χ2v) is 8.63. The van der Waals surface area contributed by atoms with Gasteiger partial charge in [0.25, 0.3) is 5.78 Å². The number of nitrogens with zero attached hydrogens (tertiary/aromatic N) is 2. The molecule has 0 spiro atoms. The van der Waals surface area contributed by atoms with Crippen molar-refractivity contribution in [3.63, 3.8) is 0 Å². The number of phenolic OH excluding ortho intramolecular Hbond substituents is 1. The first-order valence-corrected chi connectivity index (χ1v) is 11.1. The SMILES string of the molecule is COc1c(Cl)cc(/C(O)=C2\C(=O)C(=O)N(c3nc4ccccc4[nH]3)C2c2ccc(O)cc2)cc1Cl. The number of aliphatic hydroxyl groups excluding tert-OH is 1. The number of aromatic nitrogens is 2. The van der Waals surface area contributed by atoms with Gasteiger partial charge in [-0.1, -0.05) is 47.5 Å². The minimum absolute atomic E-state index is 0.00292. The summed E-state index contributed by atoms with van der Waals surface area (Å²) >= 11 is 12.5. The molecule has 3 N–H and O–H groups in total. The van der Waals surface area contributed by atoms with Crippen LogP contribution in [0.3, 0.4) is 0 Å². The van der Waals surface area contributed by atoms with E-state index in [1.165, 1.54) is 36.3 Å². The Hall–Kier alpha value is -4.01. The van der Waals surface area contributed by atoms with E-state index in [-0.39, 0.29) is 38.6 Å². The Balaban J connectivity index is 1.74. The predicted molar refractivity (Wildman–Crippen MR) is 132 cm³/mol. The van der Waals surface area contributed by atoms with Gasteiger partial charge in [0.2, 0.25) is 5.95 Å². The van der Waals surface area contributed by atoms with Gasteiger partial charge in [-0.3, -0.25) is 14.5 Å². The summed E-state index contributed by atoms with van der Waals surface area (Å²) in [5.41, 5.74) is 1.69. The number of hydrogen-bond acceptors (Lipinski definition) is 6. The van der Waals surface area contributed by atoms with Gasteiger partial charge in [0, 0.05) is 5.56 Å². The number of aromatic amines is 1. The van der Waals surface area contributed by atoms with E-state index >= 15 is 0 Å². The van der Waals surface area contributed by atoms with Crippen molar-refractivity contribution in [2.45, 2.75) is 6.04 Å². The van der Waals surface area contributed by atoms with E-state index in [1.54, 1.807) is 30.3 Å². The standard InChI is InChI=1S/C25H17Cl2N3O5/c1-35-23-15(26)10-13(11-16(23)27)21(32)19-20(12-6-8-14(31)9-7-12)30(24(34)22(19)33)25-28-17-4-2-3-5-18(17)29-25/h2-11,20,31-32H,1H3,(H,28,29)/b21-19+. The minimum atomic E-state index is -1.05. The fourth-order valence-electron chi connectivity index (χ4n) is 4.12. The van der Waals surface area contributed by atoms with Crippen molar-refractivity contribution in [2.75, 3.05) is 12.0 Å². The van der Waals surface area contributed by atoms with E-state index in [4.69, 9.17) is 27.9 Å². The van der Waals surface area contributed by atoms with E-state index < -0.39 is 23.5 Å². The van der Waals surface area contributed by atoms with Gasteiger partial charge in [-0.15, -0.1) is 0 Å². The lowest BCUT2D eigenvalue weighted by molar-refractivity contribution is -0.132. The van der Waals surface area contributed by atoms with Gasteiger partial charge in [-0.2, -0.15) is 0 Å². The van der Waals surface area contributed by atoms with Crippen LogP contribution in [-0.4, -0.2) is 39.0 Å². The number of aromatic hydroxyl groups is 1. The average molecular weight is 510 g/mol. The summed E-state index contributed by atoms with van der Waals surface area (Å²) in [6.07, 6.45) is 0. The Morgan fingerprint density at radius 2 is 1.71 bits per heavy atom. The molecule has 1 aliphatic rings. The number of H-pyrrole nitrogens is 1. The molecule has 35 heavy (non-hydrogen) atoms. The summed E-state index contributed by atoms with van der Waals surface area (Å²) < 4.78 is 5.15. The predicted octanol–water partition coefficient (Wildman–Crippen LogP) is 5.21. The highest BCUT2D eigenvalue weighted by molar-refractivity contribution is 6.51. The first-order chi connectivity index (χ1) is 16.8. The number of methoxy groups -OCH3 is 1. The molecule has 1 amide bonds. The number of carbonyl (C=O) groups excluding carboxylic acids is 2. The molecule has 8 nitrogen and oxygen atoms in total. The fraction of sp³-hybridized carbons (Fsp3) is 0.0800. The zero-order valence-corrected chi connectivity index (χ0v) is 19.6. The maximum Gasteiger partial charge on any atom is 0.302 e. The number of fused-ring (bicyclic) bond motifs is 1. The van der Waals surface area contributed by atoms with Crippen LogP contribution in [0.25, 0.3) is 16.8 Å². The molecular formula is C25H17Cl2N3O5. The van der Waals surface area contributed by atoms with Crippen molar-refractivity contribution in [3.05, 3.63) is 87.4 Å². The lowest BCUT2D eigenvalue weighted by atomic mass is 9.95. The Morgan fingerprint density at radius 3 is 2.34 bits per heavy atom. The van der Waals surface area contributed by atoms with Crippen LogP contribution in [0.2, 0.25) is 10.0 Å². The minimum Gasteiger partial charge on any atom is -0.508 e. The number of rotatable bonds is 4. The van der Waals surface area contributed by atoms with Crippen molar-refractivity contribution in [3.8, 4) is 11.5 Å². The maximum atomic E-state index is 13.3. The van der Waals surface area contributed by atoms with Crippen molar-refractivity contribution in [1.29, 1.82) is 0 Å². The molecule has 1 unspecified atom stereocenters. The lowest BCUT2D eigenvalue weighted by Crippen LogP contribution is -2.30. The van der Waals surface area contributed by atoms with Gasteiger partial charge >= 0.3 is 5.91 Å². The van der Waals surface area contributed by atoms with E-state index in [0.717, 1.165) is 0 Å². The van der Waals surface area contributed by atoms with Crippen LogP contribution in [0.5, 0.6) is 11.5 Å². The Morgan fingerprint density at radius 1 is 1.06 bits per heavy atom. The lowest BCUT2D eigenvalue weighted by Gasteiger charge is -2.23. The number of para-hydroxylation sites is 2. The second kappa shape index (κ2) is 8.65. The number of halogens is 2. The van der Waals surface area contributed by atoms with Crippen molar-refractivity contribution >= 4 is 57.6 Å². The van der Waals surface area contributed by atoms with Crippen molar-refractivity contribution in [2.24, 2.45) is 0 Å². The molecule has 176 valence electrons. The molecule has 0 aliphatic carbocycles. The van der Waals surface area contributed by atoms with Gasteiger partial charge in [-0.25, -0.2) is 4.98 Å². The number of carbonyl (C=O) groups is 2. The molecule has 3 aromatic carbocycles. The first-order valence-electron chi connectivity index (χ1n) is 10.4. The Bertz CT molecular complexity index is 1470. The summed E-state index contributed by atoms with van der Waals surface area (Å²) in [5, 5.41) is 21.3. The first kappa shape index (κ1) is 22.8. The van der Waals surface area contributed by atoms with Crippen molar-refractivity contribution < 1.29 is 24.5 Å². The molecular weight excluding hydrogens is 493 g/mol. The van der Waals surface area contributed by atoms with Crippen LogP contribution in [-0.2, 0) is 9.59 Å². The summed E-state index contributed by atoms with van der Waals surface area (Å²) in [4.78, 5) is 35.3. The van der Waals surface area contributed by atoms with E-state index in [9.17, 15) is 19.8 Å². The number of ether oxygens (including phenoxy) is 1. The highest BCUT2D eigenvalue weighted by Crippen LogP contribution is 2.43. The van der Waals surface area contributed by atoms with E-state index in [2.05, 4.69) is 9.97 Å². The molecule has 1 aromatic heterocycles. The fourth-order valence-corrected chi connectivity index (χ4v) is 4.76. The topological polar surface area (TPSA) is 116 Å². The molecule has 0 radical (unpaired) electrons. The smallest absolute Gasteiger partial charge is 0.302 e. The molecule has 1 atom stereocenters. The van der Waals surface area contributed by atoms with Crippen LogP contribution in [0.1, 0.15) is 17.2 Å². The van der Waals surface area contributed by atoms with Crippen molar-refractivity contribution in [1.82, 2.24) is 9.97 Å². The summed E-state index contributed by atoms with van der Waals surface area (Å²) in [6, 6.07) is 14.9. The van der Waals surface area contributed by atoms with Crippen LogP contribution in [0, 0.1) is 0 Å². The highest BCUT2D eigenvalue weighted by Gasteiger charge is 2.48. The third-order valence-corrected chi connectivity index (χ3v) is 6.30. The zero-order valence-electron chi connectivity index (χ0n) is 18.1. The monoisotopic (exact) mass is 509 g/mol. The Labute approximate surface area is 209 Å². The van der Waals surface area contributed by atoms with Gasteiger partial charge < -0.3 is 19.9 Å². The number of Topliss-reactive ketones (excluding diaryl/α,β-unsaturated/α-hetero) is 1. The number of nitrogens with one attached hydrogen (secondary N) is 1. The van der Waals surface area contributed by atoms with Crippen LogP contribution in [0.15, 0.2) is 66.2 Å². The third-order valence-electron chi connectivity index (χ3n) is 5.73. The highest BCUT2D eigenvalue weighted by atomic mass is 35.5. The normalized spacial score (nSPS) is 17.3. The number of imidazole rings is 1. The number of phenols is 1. The number of hydrogen-bond donors (Lipinski definition) is 3. The quantitative estimate of drug-likeness (QED) is 0.197. The molecule has 1 saturated heterocycles. The molecule has 4 aromatic rings. The van der Waals surface area contributed by atoms with Crippen LogP contribution in [0.4, 0.5) is 5.95 Å². The molecule has 10 heteroatoms. The largest absolute Gasteiger partial charge is 0.508 e. The maximum absolute atomic E-state index is 13.3. The average Bonchev–Trinajstić information content (AvgIpc) is 3.37. The number of aliphatic hydroxyl groups is 1. The van der Waals surface area contributed by atoms with E-state index in [1.807, 2.05) is 6.07 Å². The van der Waals surface area contributed by atoms with Crippen LogP contribution >= 0.6 is 23.2 Å². The number of amides is 1. The number of benzene rings is 3. The van der Waals surface area contributed by atoms with Gasteiger partial charge in [0.05, 0.1) is 39.8 Å². The molecule has 5 rings (SSSR count). The molecule has 1 aliphatic heterocycles. The number of ketones is 1. The van der Waals surface area contributed by atoms with Gasteiger partial charge in [0.15, 0.2) is 5.75 Å². The van der Waals surface area contributed by atoms with Gasteiger partial charge in [0.1, 0.15) is 11.5 Å². The third kappa shape index (κ3) is 3.77. The molecule has 0 bridgehead atoms. The molecule has 1 fully saturated rings. The van der Waals surface area contributed by atoms with Gasteiger partial charge in [-0.05, 0) is 42.0 Å². The number of anilines is 1. The summed E-state index contributed by atoms with van der Waals surface area (Å²) in [7, 11) is 1.40. The second-order valence-electron chi connectivity index (χ2n) is 7.81. The summed E-state index contributed by atoms with van der Waals surface area (Å²) in [5.74, 6) is -1.91. The Kier molecular flexibility index (Phi) is 5.62. The molecule has 0 saturated carbocycles. The molecule has 2 heterocycles. The van der Waals surface area contributed by atoms with Crippen LogP contribution < -0.4 is 9.64 Å². The zero-order chi connectivity index (χ0) is 24.9.